The van der Waals surface area contributed by atoms with Gasteiger partial charge in [0.15, 0.2) is 0 Å². The minimum atomic E-state index is -0.911. The lowest BCUT2D eigenvalue weighted by molar-refractivity contribution is -0.152. The standard InChI is InChI=1S/C20H23NO4/c1-13(19(22)21-10-4-3-5-18(21)20(23)24)14-6-7-16-12-17(25-2)9-8-15(16)11-14/h6-9,11-13,18H,3-5,10H2,1-2H3,(H,23,24)/t13?,18-/m1/s1. The number of nitrogens with zero attached hydrogens (tertiary/aromatic N) is 1. The van der Waals surface area contributed by atoms with Gasteiger partial charge in [0, 0.05) is 6.54 Å². The molecule has 0 radical (unpaired) electrons. The smallest absolute Gasteiger partial charge is 0.326 e. The van der Waals surface area contributed by atoms with Gasteiger partial charge in [0.1, 0.15) is 11.8 Å². The molecule has 1 saturated heterocycles. The van der Waals surface area contributed by atoms with Crippen molar-refractivity contribution in [1.82, 2.24) is 4.90 Å². The second kappa shape index (κ2) is 7.13. The van der Waals surface area contributed by atoms with Crippen LogP contribution in [0.3, 0.4) is 0 Å². The Bertz CT molecular complexity index is 801. The van der Waals surface area contributed by atoms with E-state index < -0.39 is 12.0 Å². The Morgan fingerprint density at radius 1 is 1.16 bits per heavy atom. The monoisotopic (exact) mass is 341 g/mol. The summed E-state index contributed by atoms with van der Waals surface area (Å²) in [5, 5.41) is 11.5. The number of carboxylic acid groups (broad SMARTS) is 1. The Kier molecular flexibility index (Phi) is 4.93. The van der Waals surface area contributed by atoms with E-state index in [0.29, 0.717) is 13.0 Å². The van der Waals surface area contributed by atoms with Crippen molar-refractivity contribution >= 4 is 22.6 Å². The van der Waals surface area contributed by atoms with E-state index >= 15 is 0 Å². The van der Waals surface area contributed by atoms with Crippen molar-refractivity contribution in [2.45, 2.75) is 38.1 Å². The molecule has 5 heteroatoms. The van der Waals surface area contributed by atoms with Gasteiger partial charge in [-0.3, -0.25) is 4.79 Å². The maximum atomic E-state index is 12.9. The highest BCUT2D eigenvalue weighted by molar-refractivity contribution is 5.90. The van der Waals surface area contributed by atoms with E-state index in [1.54, 1.807) is 7.11 Å². The van der Waals surface area contributed by atoms with E-state index in [-0.39, 0.29) is 11.8 Å². The molecule has 2 aromatic rings. The summed E-state index contributed by atoms with van der Waals surface area (Å²) in [5.41, 5.74) is 0.900. The predicted octanol–water partition coefficient (Wildman–Crippen LogP) is 3.42. The van der Waals surface area contributed by atoms with Crippen molar-refractivity contribution in [2.24, 2.45) is 0 Å². The third-order valence-corrected chi connectivity index (χ3v) is 5.01. The quantitative estimate of drug-likeness (QED) is 0.925. The van der Waals surface area contributed by atoms with Gasteiger partial charge in [-0.2, -0.15) is 0 Å². The molecule has 0 saturated carbocycles. The van der Waals surface area contributed by atoms with Crippen LogP contribution >= 0.6 is 0 Å². The highest BCUT2D eigenvalue weighted by Gasteiger charge is 2.34. The zero-order valence-corrected chi connectivity index (χ0v) is 14.6. The van der Waals surface area contributed by atoms with E-state index in [1.807, 2.05) is 43.3 Å². The van der Waals surface area contributed by atoms with Gasteiger partial charge in [-0.15, -0.1) is 0 Å². The Balaban J connectivity index is 1.86. The van der Waals surface area contributed by atoms with Crippen LogP contribution < -0.4 is 4.74 Å². The van der Waals surface area contributed by atoms with Crippen molar-refractivity contribution in [1.29, 1.82) is 0 Å². The van der Waals surface area contributed by atoms with Crippen LogP contribution in [0.5, 0.6) is 5.75 Å². The van der Waals surface area contributed by atoms with Crippen LogP contribution in [0.4, 0.5) is 0 Å². The SMILES string of the molecule is COc1ccc2cc(C(C)C(=O)N3CCCC[C@@H]3C(=O)O)ccc2c1. The van der Waals surface area contributed by atoms with Crippen molar-refractivity contribution in [2.75, 3.05) is 13.7 Å². The van der Waals surface area contributed by atoms with Crippen molar-refractivity contribution in [3.63, 3.8) is 0 Å². The predicted molar refractivity (Wildman–Crippen MR) is 95.9 cm³/mol. The van der Waals surface area contributed by atoms with Crippen LogP contribution in [0.1, 0.15) is 37.7 Å². The molecule has 1 aliphatic heterocycles. The molecule has 5 nitrogen and oxygen atoms in total. The molecule has 0 bridgehead atoms. The van der Waals surface area contributed by atoms with E-state index in [4.69, 9.17) is 4.74 Å². The van der Waals surface area contributed by atoms with Crippen LogP contribution in [0, 0.1) is 0 Å². The number of benzene rings is 2. The zero-order valence-electron chi connectivity index (χ0n) is 14.6. The second-order valence-electron chi connectivity index (χ2n) is 6.58. The summed E-state index contributed by atoms with van der Waals surface area (Å²) >= 11 is 0. The summed E-state index contributed by atoms with van der Waals surface area (Å²) in [6.07, 6.45) is 2.25. The molecule has 0 aromatic heterocycles. The molecule has 1 heterocycles. The van der Waals surface area contributed by atoms with E-state index in [9.17, 15) is 14.7 Å². The highest BCUT2D eigenvalue weighted by atomic mass is 16.5. The van der Waals surface area contributed by atoms with Gasteiger partial charge in [0.25, 0.3) is 0 Å². The van der Waals surface area contributed by atoms with Gasteiger partial charge in [0.05, 0.1) is 13.0 Å². The number of hydrogen-bond donors (Lipinski definition) is 1. The van der Waals surface area contributed by atoms with Crippen molar-refractivity contribution in [3.05, 3.63) is 42.0 Å². The third-order valence-electron chi connectivity index (χ3n) is 5.01. The van der Waals surface area contributed by atoms with E-state index in [2.05, 4.69) is 0 Å². The first kappa shape index (κ1) is 17.3. The Labute approximate surface area is 147 Å². The fourth-order valence-corrected chi connectivity index (χ4v) is 3.48. The van der Waals surface area contributed by atoms with Gasteiger partial charge < -0.3 is 14.7 Å². The van der Waals surface area contributed by atoms with Crippen LogP contribution in [0.15, 0.2) is 36.4 Å². The first-order chi connectivity index (χ1) is 12.0. The summed E-state index contributed by atoms with van der Waals surface area (Å²) in [6, 6.07) is 11.0. The van der Waals surface area contributed by atoms with Crippen LogP contribution in [-0.2, 0) is 9.59 Å². The molecule has 2 atom stereocenters. The number of hydrogen-bond acceptors (Lipinski definition) is 3. The Hall–Kier alpha value is -2.56. The number of carbonyl (C=O) groups excluding carboxylic acids is 1. The number of piperidine rings is 1. The first-order valence-corrected chi connectivity index (χ1v) is 8.62. The normalized spacial score (nSPS) is 18.8. The van der Waals surface area contributed by atoms with Gasteiger partial charge in [-0.1, -0.05) is 24.3 Å². The van der Waals surface area contributed by atoms with Gasteiger partial charge in [0.2, 0.25) is 5.91 Å². The van der Waals surface area contributed by atoms with Crippen molar-refractivity contribution < 1.29 is 19.4 Å². The minimum absolute atomic E-state index is 0.111. The third kappa shape index (κ3) is 3.45. The summed E-state index contributed by atoms with van der Waals surface area (Å²) < 4.78 is 5.24. The second-order valence-corrected chi connectivity index (χ2v) is 6.58. The molecule has 1 unspecified atom stereocenters. The van der Waals surface area contributed by atoms with Crippen LogP contribution in [0.2, 0.25) is 0 Å². The van der Waals surface area contributed by atoms with Gasteiger partial charge in [-0.25, -0.2) is 4.79 Å². The molecule has 3 rings (SSSR count). The van der Waals surface area contributed by atoms with Gasteiger partial charge >= 0.3 is 5.97 Å². The van der Waals surface area contributed by atoms with E-state index in [0.717, 1.165) is 34.9 Å². The topological polar surface area (TPSA) is 66.8 Å². The largest absolute Gasteiger partial charge is 0.497 e. The molecule has 132 valence electrons. The number of carbonyl (C=O) groups is 2. The molecule has 1 amide bonds. The number of methoxy groups -OCH3 is 1. The fourth-order valence-electron chi connectivity index (χ4n) is 3.48. The molecule has 25 heavy (non-hydrogen) atoms. The molecular formula is C20H23NO4. The number of aliphatic carboxylic acids is 1. The molecular weight excluding hydrogens is 318 g/mol. The number of fused-ring (bicyclic) bond motifs is 1. The number of likely N-dealkylation sites (tertiary alicyclic amines) is 1. The highest BCUT2D eigenvalue weighted by Crippen LogP contribution is 2.28. The molecule has 0 aliphatic carbocycles. The van der Waals surface area contributed by atoms with Crippen molar-refractivity contribution in [3.8, 4) is 5.75 Å². The molecule has 0 spiro atoms. The summed E-state index contributed by atoms with van der Waals surface area (Å²) in [7, 11) is 1.63. The van der Waals surface area contributed by atoms with Crippen LogP contribution in [0.25, 0.3) is 10.8 Å². The summed E-state index contributed by atoms with van der Waals surface area (Å²) in [4.78, 5) is 25.9. The van der Waals surface area contributed by atoms with Crippen LogP contribution in [-0.4, -0.2) is 41.6 Å². The zero-order chi connectivity index (χ0) is 18.0. The maximum Gasteiger partial charge on any atom is 0.326 e. The number of carboxylic acids is 1. The summed E-state index contributed by atoms with van der Waals surface area (Å²) in [6.45, 7) is 2.37. The molecule has 1 fully saturated rings. The number of ether oxygens (including phenoxy) is 1. The van der Waals surface area contributed by atoms with Gasteiger partial charge in [-0.05, 0) is 54.7 Å². The minimum Gasteiger partial charge on any atom is -0.497 e. The Morgan fingerprint density at radius 2 is 1.88 bits per heavy atom. The average molecular weight is 341 g/mol. The lowest BCUT2D eigenvalue weighted by Gasteiger charge is -2.34. The number of amides is 1. The fraction of sp³-hybridized carbons (Fsp3) is 0.400. The first-order valence-electron chi connectivity index (χ1n) is 8.62. The molecule has 1 N–H and O–H groups in total. The Morgan fingerprint density at radius 3 is 2.60 bits per heavy atom. The summed E-state index contributed by atoms with van der Waals surface area (Å²) in [5.74, 6) is -0.598. The molecule has 2 aromatic carbocycles. The average Bonchev–Trinajstić information content (AvgIpc) is 2.65. The maximum absolute atomic E-state index is 12.9. The lowest BCUT2D eigenvalue weighted by Crippen LogP contribution is -2.49. The van der Waals surface area contributed by atoms with E-state index in [1.165, 1.54) is 4.90 Å². The lowest BCUT2D eigenvalue weighted by atomic mass is 9.94. The number of rotatable bonds is 4. The molecule has 1 aliphatic rings.